The van der Waals surface area contributed by atoms with Gasteiger partial charge in [-0.15, -0.1) is 18.3 Å². The van der Waals surface area contributed by atoms with Crippen molar-refractivity contribution in [1.82, 2.24) is 9.80 Å². The molecule has 1 spiro atoms. The van der Waals surface area contributed by atoms with E-state index in [-0.39, 0.29) is 28.5 Å². The largest absolute Gasteiger partial charge is 0.481 e. The number of fused-ring (bicyclic) bond motifs is 1. The van der Waals surface area contributed by atoms with Crippen LogP contribution in [0.15, 0.2) is 43.0 Å². The van der Waals surface area contributed by atoms with Crippen LogP contribution in [0.3, 0.4) is 0 Å². The minimum absolute atomic E-state index is 0.0981. The standard InChI is InChI=1S/C24H29BrN2O5S/c1-3-10-26(12-14-8-6-5-7-9-14)22(30)20-24-11-16(25)19(33-24)17(23(31)32)18(24)21(29)27(20)15(4-2)13-28/h3,5-9,15-20,28H,1,4,10-13H2,2H3,(H,31,32)/t15-,16?,17+,18-,19+,20?,24?/m0/s1. The average Bonchev–Trinajstić information content (AvgIpc) is 3.39. The first kappa shape index (κ1) is 24.3. The zero-order valence-electron chi connectivity index (χ0n) is 18.5. The van der Waals surface area contributed by atoms with Gasteiger partial charge >= 0.3 is 5.97 Å². The van der Waals surface area contributed by atoms with E-state index in [1.165, 1.54) is 16.7 Å². The maximum Gasteiger partial charge on any atom is 0.308 e. The number of amides is 2. The second-order valence-corrected chi connectivity index (χ2v) is 11.7. The minimum atomic E-state index is -1.01. The molecule has 2 bridgehead atoms. The summed E-state index contributed by atoms with van der Waals surface area (Å²) < 4.78 is -0.839. The van der Waals surface area contributed by atoms with Gasteiger partial charge in [-0.25, -0.2) is 0 Å². The van der Waals surface area contributed by atoms with Gasteiger partial charge in [-0.1, -0.05) is 59.3 Å². The van der Waals surface area contributed by atoms with Gasteiger partial charge in [-0.05, 0) is 18.4 Å². The van der Waals surface area contributed by atoms with E-state index >= 15 is 0 Å². The third-order valence-corrected chi connectivity index (χ3v) is 10.4. The Bertz CT molecular complexity index is 942. The number of thioether (sulfide) groups is 1. The lowest BCUT2D eigenvalue weighted by atomic mass is 9.71. The fraction of sp³-hybridized carbons (Fsp3) is 0.542. The topological polar surface area (TPSA) is 98.2 Å². The highest BCUT2D eigenvalue weighted by Crippen LogP contribution is 2.68. The predicted octanol–water partition coefficient (Wildman–Crippen LogP) is 2.52. The third-order valence-electron chi connectivity index (χ3n) is 7.20. The van der Waals surface area contributed by atoms with Crippen molar-refractivity contribution in [2.45, 2.75) is 53.2 Å². The second-order valence-electron chi connectivity index (χ2n) is 8.98. The van der Waals surface area contributed by atoms with Gasteiger partial charge in [0, 0.05) is 23.2 Å². The van der Waals surface area contributed by atoms with Gasteiger partial charge in [-0.2, -0.15) is 0 Å². The monoisotopic (exact) mass is 536 g/mol. The van der Waals surface area contributed by atoms with Gasteiger partial charge in [0.25, 0.3) is 0 Å². The summed E-state index contributed by atoms with van der Waals surface area (Å²) in [5.41, 5.74) is 0.956. The Morgan fingerprint density at radius 3 is 2.67 bits per heavy atom. The Morgan fingerprint density at radius 2 is 2.09 bits per heavy atom. The van der Waals surface area contributed by atoms with Crippen molar-refractivity contribution in [3.05, 3.63) is 48.6 Å². The minimum Gasteiger partial charge on any atom is -0.481 e. The molecular weight excluding hydrogens is 508 g/mol. The Labute approximate surface area is 206 Å². The molecule has 3 unspecified atom stereocenters. The molecule has 3 aliphatic rings. The Balaban J connectivity index is 1.78. The molecule has 0 radical (unpaired) electrons. The fourth-order valence-corrected chi connectivity index (χ4v) is 9.39. The number of likely N-dealkylation sites (tertiary alicyclic amines) is 1. The zero-order chi connectivity index (χ0) is 23.9. The molecule has 9 heteroatoms. The lowest BCUT2D eigenvalue weighted by Gasteiger charge is -2.39. The SMILES string of the molecule is C=CCN(Cc1ccccc1)C(=O)C1N([C@@H](CC)CO)C(=O)[C@@H]2[C@@H](C(=O)O)[C@@H]3SC12CC3Br. The van der Waals surface area contributed by atoms with Crippen molar-refractivity contribution >= 4 is 45.5 Å². The summed E-state index contributed by atoms with van der Waals surface area (Å²) in [6, 6.07) is 8.23. The first-order chi connectivity index (χ1) is 15.8. The van der Waals surface area contributed by atoms with Crippen LogP contribution in [0, 0.1) is 11.8 Å². The molecule has 0 aromatic heterocycles. The van der Waals surface area contributed by atoms with Crippen LogP contribution in [0.1, 0.15) is 25.3 Å². The van der Waals surface area contributed by atoms with E-state index < -0.39 is 34.6 Å². The lowest BCUT2D eigenvalue weighted by Crippen LogP contribution is -2.57. The van der Waals surface area contributed by atoms with Crippen LogP contribution < -0.4 is 0 Å². The van der Waals surface area contributed by atoms with Gasteiger partial charge in [0.15, 0.2) is 0 Å². The van der Waals surface area contributed by atoms with Gasteiger partial charge in [0.2, 0.25) is 11.8 Å². The van der Waals surface area contributed by atoms with E-state index in [9.17, 15) is 24.6 Å². The first-order valence-electron chi connectivity index (χ1n) is 11.2. The smallest absolute Gasteiger partial charge is 0.308 e. The number of halogens is 1. The van der Waals surface area contributed by atoms with Crippen LogP contribution in [0.4, 0.5) is 0 Å². The van der Waals surface area contributed by atoms with Crippen LogP contribution in [-0.2, 0) is 20.9 Å². The van der Waals surface area contributed by atoms with E-state index in [1.54, 1.807) is 11.0 Å². The van der Waals surface area contributed by atoms with E-state index in [0.29, 0.717) is 25.9 Å². The van der Waals surface area contributed by atoms with E-state index in [2.05, 4.69) is 22.5 Å². The van der Waals surface area contributed by atoms with E-state index in [1.807, 2.05) is 37.3 Å². The number of aliphatic hydroxyl groups is 1. The molecule has 7 nitrogen and oxygen atoms in total. The number of rotatable bonds is 9. The normalized spacial score (nSPS) is 33.1. The molecule has 4 rings (SSSR count). The molecule has 3 fully saturated rings. The van der Waals surface area contributed by atoms with Gasteiger partial charge in [0.1, 0.15) is 6.04 Å². The van der Waals surface area contributed by atoms with Gasteiger partial charge < -0.3 is 20.0 Å². The van der Waals surface area contributed by atoms with Crippen LogP contribution in [0.5, 0.6) is 0 Å². The van der Waals surface area contributed by atoms with Crippen molar-refractivity contribution in [1.29, 1.82) is 0 Å². The quantitative estimate of drug-likeness (QED) is 0.371. The predicted molar refractivity (Wildman–Crippen MR) is 130 cm³/mol. The molecule has 33 heavy (non-hydrogen) atoms. The van der Waals surface area contributed by atoms with Crippen molar-refractivity contribution in [2.75, 3.05) is 13.2 Å². The maximum absolute atomic E-state index is 14.2. The Kier molecular flexibility index (Phi) is 6.94. The molecule has 2 amide bonds. The van der Waals surface area contributed by atoms with Crippen molar-refractivity contribution in [3.8, 4) is 0 Å². The molecule has 7 atom stereocenters. The second kappa shape index (κ2) is 9.43. The summed E-state index contributed by atoms with van der Waals surface area (Å²) in [7, 11) is 0. The van der Waals surface area contributed by atoms with Crippen LogP contribution in [0.2, 0.25) is 0 Å². The zero-order valence-corrected chi connectivity index (χ0v) is 20.9. The number of carbonyl (C=O) groups excluding carboxylic acids is 2. The van der Waals surface area contributed by atoms with E-state index in [0.717, 1.165) is 5.56 Å². The van der Waals surface area contributed by atoms with Crippen molar-refractivity contribution in [3.63, 3.8) is 0 Å². The first-order valence-corrected chi connectivity index (χ1v) is 13.0. The summed E-state index contributed by atoms with van der Waals surface area (Å²) in [5.74, 6) is -3.20. The average molecular weight is 537 g/mol. The third kappa shape index (κ3) is 3.82. The van der Waals surface area contributed by atoms with Crippen molar-refractivity contribution in [2.24, 2.45) is 11.8 Å². The Morgan fingerprint density at radius 1 is 1.39 bits per heavy atom. The summed E-state index contributed by atoms with van der Waals surface area (Å²) in [6.07, 6.45) is 2.66. The molecule has 2 N–H and O–H groups in total. The molecule has 178 valence electrons. The molecule has 3 heterocycles. The molecule has 3 aliphatic heterocycles. The maximum atomic E-state index is 14.2. The number of hydrogen-bond donors (Lipinski definition) is 2. The number of carboxylic acid groups (broad SMARTS) is 1. The number of hydrogen-bond acceptors (Lipinski definition) is 5. The highest BCUT2D eigenvalue weighted by molar-refractivity contribution is 9.09. The summed E-state index contributed by atoms with van der Waals surface area (Å²) in [6.45, 7) is 6.05. The molecule has 3 saturated heterocycles. The number of alkyl halides is 1. The highest BCUT2D eigenvalue weighted by Gasteiger charge is 2.76. The summed E-state index contributed by atoms with van der Waals surface area (Å²) in [4.78, 5) is 43.2. The summed E-state index contributed by atoms with van der Waals surface area (Å²) >= 11 is 5.11. The van der Waals surface area contributed by atoms with Crippen molar-refractivity contribution < 1.29 is 24.6 Å². The van der Waals surface area contributed by atoms with E-state index in [4.69, 9.17) is 0 Å². The fourth-order valence-electron chi connectivity index (χ4n) is 5.80. The molecule has 0 aliphatic carbocycles. The Hall–Kier alpha value is -1.84. The van der Waals surface area contributed by atoms with Crippen LogP contribution in [0.25, 0.3) is 0 Å². The molecule has 1 aromatic carbocycles. The number of aliphatic carboxylic acids is 1. The number of benzene rings is 1. The molecule has 0 saturated carbocycles. The highest BCUT2D eigenvalue weighted by atomic mass is 79.9. The summed E-state index contributed by atoms with van der Waals surface area (Å²) in [5, 5.41) is 19.8. The molecular formula is C24H29BrN2O5S. The van der Waals surface area contributed by atoms with Gasteiger partial charge in [0.05, 0.1) is 29.2 Å². The number of aliphatic hydroxyl groups excluding tert-OH is 1. The van der Waals surface area contributed by atoms with Gasteiger partial charge in [-0.3, -0.25) is 14.4 Å². The lowest BCUT2D eigenvalue weighted by molar-refractivity contribution is -0.149. The number of carboxylic acids is 1. The van der Waals surface area contributed by atoms with Crippen LogP contribution in [-0.4, -0.2) is 77.9 Å². The number of nitrogens with zero attached hydrogens (tertiary/aromatic N) is 2. The van der Waals surface area contributed by atoms with Crippen LogP contribution >= 0.6 is 27.7 Å². The number of carbonyl (C=O) groups is 3. The molecule has 1 aromatic rings.